The van der Waals surface area contributed by atoms with E-state index in [4.69, 9.17) is 32.6 Å². The molecule has 0 aromatic carbocycles. The van der Waals surface area contributed by atoms with Gasteiger partial charge in [-0.15, -0.1) is 0 Å². The summed E-state index contributed by atoms with van der Waals surface area (Å²) in [7, 11) is -4.64. The normalized spacial score (nSPS) is 51.7. The number of carbonyl (C=O) groups excluding carboxylic acids is 1. The molecule has 5 aliphatic carbocycles. The smallest absolute Gasteiger partial charge is 0.397 e. The van der Waals surface area contributed by atoms with E-state index in [1.54, 1.807) is 0 Å². The molecule has 8 rings (SSSR count). The van der Waals surface area contributed by atoms with Crippen LogP contribution < -0.4 is 0 Å². The summed E-state index contributed by atoms with van der Waals surface area (Å²) in [5, 5.41) is 96.5. The fourth-order valence-corrected chi connectivity index (χ4v) is 15.7. The minimum absolute atomic E-state index is 0.121. The van der Waals surface area contributed by atoms with Gasteiger partial charge in [0.05, 0.1) is 30.8 Å². The average Bonchev–Trinajstić information content (AvgIpc) is 3.27. The first-order chi connectivity index (χ1) is 32.0. The molecule has 23 atom stereocenters. The lowest BCUT2D eigenvalue weighted by atomic mass is 9.33. The Bertz CT molecular complexity index is 2030. The maximum Gasteiger partial charge on any atom is 0.397 e. The fraction of sp³-hybridized carbons (Fsp3) is 0.938. The highest BCUT2D eigenvalue weighted by atomic mass is 32.3. The largest absolute Gasteiger partial charge is 0.432 e. The van der Waals surface area contributed by atoms with Crippen molar-refractivity contribution in [2.45, 2.75) is 218 Å². The van der Waals surface area contributed by atoms with E-state index in [0.717, 1.165) is 32.1 Å². The van der Waals surface area contributed by atoms with Gasteiger partial charge in [-0.3, -0.25) is 9.35 Å². The van der Waals surface area contributed by atoms with E-state index in [1.807, 2.05) is 0 Å². The Morgan fingerprint density at radius 3 is 2.00 bits per heavy atom. The van der Waals surface area contributed by atoms with Crippen LogP contribution in [-0.2, 0) is 47.8 Å². The van der Waals surface area contributed by atoms with Gasteiger partial charge in [-0.05, 0) is 116 Å². The summed E-state index contributed by atoms with van der Waals surface area (Å²) >= 11 is 0. The average molecular weight is 1010 g/mol. The summed E-state index contributed by atoms with van der Waals surface area (Å²) in [5.74, 6) is -0.442. The summed E-state index contributed by atoms with van der Waals surface area (Å²) in [4.78, 5) is 15.0. The van der Waals surface area contributed by atoms with Gasteiger partial charge in [0.15, 0.2) is 12.6 Å². The highest BCUT2D eigenvalue weighted by Gasteiger charge is 2.70. The molecule has 8 aliphatic rings. The van der Waals surface area contributed by atoms with Crippen molar-refractivity contribution in [1.29, 1.82) is 0 Å². The molecule has 396 valence electrons. The molecule has 9 unspecified atom stereocenters. The van der Waals surface area contributed by atoms with Gasteiger partial charge in [0, 0.05) is 0 Å². The van der Waals surface area contributed by atoms with E-state index >= 15 is 0 Å². The molecule has 10 N–H and O–H groups in total. The zero-order valence-electron chi connectivity index (χ0n) is 41.0. The Hall–Kier alpha value is -1.48. The third-order valence-corrected chi connectivity index (χ3v) is 19.9. The second-order valence-corrected chi connectivity index (χ2v) is 25.0. The zero-order chi connectivity index (χ0) is 50.8. The van der Waals surface area contributed by atoms with Crippen LogP contribution in [0.2, 0.25) is 0 Å². The number of rotatable bonds is 10. The molecule has 3 aliphatic heterocycles. The Balaban J connectivity index is 0.976. The third kappa shape index (κ3) is 8.99. The van der Waals surface area contributed by atoms with Crippen molar-refractivity contribution in [3.05, 3.63) is 11.6 Å². The number of aliphatic hydroxyl groups excluding tert-OH is 9. The fourth-order valence-electron chi connectivity index (χ4n) is 15.1. The van der Waals surface area contributed by atoms with Gasteiger partial charge in [0.2, 0.25) is 6.29 Å². The Labute approximate surface area is 404 Å². The highest BCUT2D eigenvalue weighted by molar-refractivity contribution is 7.80. The molecule has 7 fully saturated rings. The molecular weight excluding hydrogens is 929 g/mol. The highest BCUT2D eigenvalue weighted by Crippen LogP contribution is 2.76. The van der Waals surface area contributed by atoms with Crippen molar-refractivity contribution in [3.63, 3.8) is 0 Å². The summed E-state index contributed by atoms with van der Waals surface area (Å²) in [6.45, 7) is 15.6. The Morgan fingerprint density at radius 1 is 0.710 bits per heavy atom. The van der Waals surface area contributed by atoms with Gasteiger partial charge in [-0.25, -0.2) is 4.18 Å². The second-order valence-electron chi connectivity index (χ2n) is 24.0. The van der Waals surface area contributed by atoms with Gasteiger partial charge in [-0.2, -0.15) is 8.42 Å². The maximum absolute atomic E-state index is 15.0. The molecule has 20 nitrogen and oxygen atoms in total. The molecule has 3 saturated heterocycles. The third-order valence-electron chi connectivity index (χ3n) is 19.5. The quantitative estimate of drug-likeness (QED) is 0.0829. The van der Waals surface area contributed by atoms with Crippen LogP contribution in [0.3, 0.4) is 0 Å². The van der Waals surface area contributed by atoms with E-state index in [0.29, 0.717) is 32.1 Å². The van der Waals surface area contributed by atoms with E-state index in [9.17, 15) is 63.7 Å². The van der Waals surface area contributed by atoms with E-state index < -0.39 is 139 Å². The monoisotopic (exact) mass is 1010 g/mol. The zero-order valence-corrected chi connectivity index (χ0v) is 41.8. The number of allylic oxidation sites excluding steroid dienone is 2. The van der Waals surface area contributed by atoms with Crippen molar-refractivity contribution in [2.75, 3.05) is 13.2 Å². The minimum atomic E-state index is -4.64. The van der Waals surface area contributed by atoms with Crippen LogP contribution in [0.4, 0.5) is 0 Å². The first-order valence-electron chi connectivity index (χ1n) is 24.8. The number of aliphatic hydroxyl groups is 9. The summed E-state index contributed by atoms with van der Waals surface area (Å²) in [6, 6.07) is 0. The SMILES string of the molecule is CC1O[C@@H](O[C@@H]2C(CO)O[C@@H](OCC3O[C@@H](OC(=O)[C@]45CCC(C)(C)CC4C4=CCC6[C@@]7(C)CC[C@H](OS(=O)(=O)O)C(C)(C)C7CC[C@@]6(C)[C@]4(C)CC5)[C@@H](O)C(O)[C@@H]3O)[C@@H](O)C2O)[C@@H](O)C(O)[C@H]1O. The molecule has 0 spiro atoms. The van der Waals surface area contributed by atoms with Crippen molar-refractivity contribution >= 4 is 16.4 Å². The maximum atomic E-state index is 15.0. The Kier molecular flexibility index (Phi) is 14.6. The van der Waals surface area contributed by atoms with Crippen molar-refractivity contribution < 1.29 is 96.3 Å². The van der Waals surface area contributed by atoms with Gasteiger partial charge < -0.3 is 74.4 Å². The van der Waals surface area contributed by atoms with Crippen LogP contribution in [-0.4, -0.2) is 176 Å². The number of ether oxygens (including phenoxy) is 6. The number of carbonyl (C=O) groups is 1. The lowest BCUT2D eigenvalue weighted by Crippen LogP contribution is -2.65. The lowest BCUT2D eigenvalue weighted by molar-refractivity contribution is -0.361. The van der Waals surface area contributed by atoms with Gasteiger partial charge in [0.1, 0.15) is 67.1 Å². The molecule has 3 heterocycles. The van der Waals surface area contributed by atoms with Gasteiger partial charge in [-0.1, -0.05) is 60.1 Å². The molecule has 0 bridgehead atoms. The molecular formula is C48H78O20S. The van der Waals surface area contributed by atoms with Crippen molar-refractivity contribution in [2.24, 2.45) is 50.2 Å². The van der Waals surface area contributed by atoms with Crippen LogP contribution in [0.5, 0.6) is 0 Å². The minimum Gasteiger partial charge on any atom is -0.432 e. The van der Waals surface area contributed by atoms with Gasteiger partial charge in [0.25, 0.3) is 0 Å². The number of esters is 1. The molecule has 69 heavy (non-hydrogen) atoms. The van der Waals surface area contributed by atoms with Crippen LogP contribution in [0.25, 0.3) is 0 Å². The number of hydrogen-bond donors (Lipinski definition) is 10. The van der Waals surface area contributed by atoms with Crippen LogP contribution >= 0.6 is 0 Å². The van der Waals surface area contributed by atoms with E-state index in [2.05, 4.69) is 54.5 Å². The van der Waals surface area contributed by atoms with Gasteiger partial charge >= 0.3 is 16.4 Å². The molecule has 0 radical (unpaired) electrons. The molecule has 4 saturated carbocycles. The number of fused-ring (bicyclic) bond motifs is 7. The Morgan fingerprint density at radius 2 is 1.33 bits per heavy atom. The first kappa shape index (κ1) is 53.8. The van der Waals surface area contributed by atoms with Crippen LogP contribution in [0.15, 0.2) is 11.6 Å². The molecule has 21 heteroatoms. The second kappa shape index (κ2) is 18.7. The van der Waals surface area contributed by atoms with E-state index in [1.165, 1.54) is 12.5 Å². The first-order valence-corrected chi connectivity index (χ1v) is 26.2. The summed E-state index contributed by atoms with van der Waals surface area (Å²) in [6.07, 6.45) is -15.9. The predicted molar refractivity (Wildman–Crippen MR) is 239 cm³/mol. The van der Waals surface area contributed by atoms with Crippen LogP contribution in [0, 0.1) is 50.2 Å². The number of hydrogen-bond acceptors (Lipinski definition) is 19. The standard InChI is InChI=1S/C48H78O20S/c1-22-30(50)32(52)35(55)40(63-22)66-38-25(20-49)64-39(37(57)34(38)54)62-21-26-31(51)33(53)36(56)41(65-26)67-42(58)48-17-15-43(2,3)19-24(48)23-9-10-28-45(6)13-12-29(68-69(59,60)61)44(4,5)27(45)11-14-47(28,8)46(23,7)16-18-48/h9,22,24-41,49-57H,10-21H2,1-8H3,(H,59,60,61)/t22?,24?,25?,26?,27?,28?,29-,30-,31+,32?,33?,34?,35-,36-,37-,38+,39+,40-,41-,45-,46+,47+,48-/m0/s1. The van der Waals surface area contributed by atoms with Crippen molar-refractivity contribution in [3.8, 4) is 0 Å². The molecule has 0 aromatic rings. The van der Waals surface area contributed by atoms with E-state index in [-0.39, 0.29) is 39.4 Å². The van der Waals surface area contributed by atoms with Crippen molar-refractivity contribution in [1.82, 2.24) is 0 Å². The van der Waals surface area contributed by atoms with Crippen LogP contribution in [0.1, 0.15) is 120 Å². The molecule has 0 aromatic heterocycles. The lowest BCUT2D eigenvalue weighted by Gasteiger charge is -2.71. The predicted octanol–water partition coefficient (Wildman–Crippen LogP) is 0.995. The topological polar surface area (TPSA) is 318 Å². The summed E-state index contributed by atoms with van der Waals surface area (Å²) in [5.41, 5.74) is -1.08. The summed E-state index contributed by atoms with van der Waals surface area (Å²) < 4.78 is 73.5. The molecule has 0 amide bonds.